The number of carboxylic acids is 1. The first kappa shape index (κ1) is 23.1. The number of carbonyl (C=O) groups is 2. The average Bonchev–Trinajstić information content (AvgIpc) is 2.63. The molecule has 29 heavy (non-hydrogen) atoms. The topological polar surface area (TPSA) is 99.5 Å². The molecule has 2 aromatic rings. The van der Waals surface area contributed by atoms with Gasteiger partial charge in [-0.05, 0) is 29.1 Å². The van der Waals surface area contributed by atoms with Gasteiger partial charge in [-0.2, -0.15) is 0 Å². The molecule has 14 radical (unpaired) electrons. The van der Waals surface area contributed by atoms with Gasteiger partial charge in [0, 0.05) is 5.02 Å². The Morgan fingerprint density at radius 1 is 1.00 bits per heavy atom. The van der Waals surface area contributed by atoms with E-state index < -0.39 is 34.1 Å². The van der Waals surface area contributed by atoms with E-state index in [9.17, 15) is 14.7 Å². The van der Waals surface area contributed by atoms with Crippen molar-refractivity contribution in [3.05, 3.63) is 16.3 Å². The number of nitrogens with one attached hydrogen (secondary N) is 1. The first-order chi connectivity index (χ1) is 13.2. The van der Waals surface area contributed by atoms with Crippen LogP contribution in [0.3, 0.4) is 0 Å². The Hall–Kier alpha value is -2.15. The van der Waals surface area contributed by atoms with E-state index in [1.54, 1.807) is 12.2 Å². The van der Waals surface area contributed by atoms with Crippen LogP contribution in [-0.2, 0) is 4.79 Å². The first-order valence-corrected chi connectivity index (χ1v) is 8.14. The number of aromatic nitrogens is 1. The number of benzene rings is 1. The second-order valence-electron chi connectivity index (χ2n) is 6.17. The van der Waals surface area contributed by atoms with Gasteiger partial charge in [-0.15, -0.1) is 0 Å². The molecule has 1 heterocycles. The SMILES string of the molecule is [B]c1nc(C(=O)NC([B])([B])C(=O)O)c(O)c([B])c1-c1c([B])c(Cl)c([B])c([B])c1C. The minimum atomic E-state index is -2.63. The van der Waals surface area contributed by atoms with Crippen molar-refractivity contribution in [2.75, 3.05) is 0 Å². The lowest BCUT2D eigenvalue weighted by Gasteiger charge is -2.25. The summed E-state index contributed by atoms with van der Waals surface area (Å²) >= 11 is 6.10. The summed E-state index contributed by atoms with van der Waals surface area (Å²) in [5, 5.41) is 18.4. The molecule has 0 saturated carbocycles. The molecule has 0 aliphatic carbocycles. The van der Waals surface area contributed by atoms with Crippen LogP contribution in [0.1, 0.15) is 16.1 Å². The number of hydrogen-bond donors (Lipinski definition) is 3. The lowest BCUT2D eigenvalue weighted by atomic mass is 9.62. The first-order valence-electron chi connectivity index (χ1n) is 7.76. The molecular formula is C15H6B7ClN2O4. The highest BCUT2D eigenvalue weighted by Gasteiger charge is 2.30. The van der Waals surface area contributed by atoms with Gasteiger partial charge in [0.15, 0.2) is 5.69 Å². The molecule has 14 heteroatoms. The largest absolute Gasteiger partial charge is 0.506 e. The number of pyridine rings is 1. The fourth-order valence-corrected chi connectivity index (χ4v) is 2.77. The minimum absolute atomic E-state index is 0.0264. The maximum atomic E-state index is 12.3. The Bertz CT molecular complexity index is 1030. The Labute approximate surface area is 181 Å². The summed E-state index contributed by atoms with van der Waals surface area (Å²) in [6, 6.07) is 0. The van der Waals surface area contributed by atoms with Crippen molar-refractivity contribution < 1.29 is 19.8 Å². The third kappa shape index (κ3) is 3.97. The smallest absolute Gasteiger partial charge is 0.310 e. The number of amides is 1. The average molecular weight is 389 g/mol. The summed E-state index contributed by atoms with van der Waals surface area (Å²) in [5.74, 6) is -3.80. The highest BCUT2D eigenvalue weighted by Crippen LogP contribution is 2.22. The van der Waals surface area contributed by atoms with Crippen molar-refractivity contribution >= 4 is 106 Å². The van der Waals surface area contributed by atoms with Gasteiger partial charge < -0.3 is 15.5 Å². The second kappa shape index (κ2) is 7.94. The number of carbonyl (C=O) groups excluding carboxylic acids is 1. The zero-order chi connectivity index (χ0) is 22.4. The van der Waals surface area contributed by atoms with Crippen molar-refractivity contribution in [2.24, 2.45) is 0 Å². The minimum Gasteiger partial charge on any atom is -0.506 e. The summed E-state index contributed by atoms with van der Waals surface area (Å²) in [6.45, 7) is 1.56. The van der Waals surface area contributed by atoms with Crippen molar-refractivity contribution in [1.82, 2.24) is 10.3 Å². The van der Waals surface area contributed by atoms with Gasteiger partial charge in [0.2, 0.25) is 0 Å². The maximum Gasteiger partial charge on any atom is 0.310 e. The van der Waals surface area contributed by atoms with E-state index in [2.05, 4.69) is 4.98 Å². The van der Waals surface area contributed by atoms with Crippen LogP contribution in [-0.4, -0.2) is 87.3 Å². The number of aliphatic carboxylic acids is 1. The molecule has 1 aromatic heterocycles. The zero-order valence-electron chi connectivity index (χ0n) is 15.1. The molecule has 0 aliphatic heterocycles. The summed E-state index contributed by atoms with van der Waals surface area (Å²) in [7, 11) is 40.1. The molecule has 0 atom stereocenters. The van der Waals surface area contributed by atoms with Gasteiger partial charge in [-0.25, -0.2) is 0 Å². The van der Waals surface area contributed by atoms with Gasteiger partial charge in [0.05, 0.1) is 5.34 Å². The van der Waals surface area contributed by atoms with Gasteiger partial charge in [0.25, 0.3) is 5.91 Å². The molecule has 0 saturated heterocycles. The number of hydrogen-bond acceptors (Lipinski definition) is 4. The van der Waals surface area contributed by atoms with Gasteiger partial charge >= 0.3 is 5.97 Å². The van der Waals surface area contributed by atoms with E-state index in [0.717, 1.165) is 0 Å². The van der Waals surface area contributed by atoms with Crippen LogP contribution in [0.25, 0.3) is 11.1 Å². The molecule has 0 bridgehead atoms. The molecule has 1 amide bonds. The third-order valence-electron chi connectivity index (χ3n) is 4.19. The van der Waals surface area contributed by atoms with E-state index in [0.29, 0.717) is 5.56 Å². The zero-order valence-corrected chi connectivity index (χ0v) is 15.8. The normalized spacial score (nSPS) is 11.2. The predicted molar refractivity (Wildman–Crippen MR) is 117 cm³/mol. The van der Waals surface area contributed by atoms with E-state index in [-0.39, 0.29) is 38.1 Å². The third-order valence-corrected chi connectivity index (χ3v) is 4.60. The summed E-state index contributed by atoms with van der Waals surface area (Å²) < 4.78 is 0. The molecule has 128 valence electrons. The number of carboxylic acid groups (broad SMARTS) is 1. The lowest BCUT2D eigenvalue weighted by Crippen LogP contribution is -2.56. The van der Waals surface area contributed by atoms with Crippen LogP contribution in [0.15, 0.2) is 0 Å². The number of rotatable bonds is 4. The van der Waals surface area contributed by atoms with Crippen molar-refractivity contribution in [1.29, 1.82) is 0 Å². The molecule has 0 unspecified atom stereocenters. The second-order valence-corrected chi connectivity index (χ2v) is 6.54. The lowest BCUT2D eigenvalue weighted by molar-refractivity contribution is -0.138. The number of nitrogens with zero attached hydrogens (tertiary/aromatic N) is 1. The highest BCUT2D eigenvalue weighted by molar-refractivity contribution is 6.61. The van der Waals surface area contributed by atoms with Crippen molar-refractivity contribution in [3.8, 4) is 16.9 Å². The number of halogens is 1. The highest BCUT2D eigenvalue weighted by atomic mass is 35.5. The van der Waals surface area contributed by atoms with Crippen molar-refractivity contribution in [3.63, 3.8) is 0 Å². The summed E-state index contributed by atoms with van der Waals surface area (Å²) in [5.41, 5.74) is -0.851. The fourth-order valence-electron chi connectivity index (χ4n) is 2.57. The van der Waals surface area contributed by atoms with E-state index in [1.165, 1.54) is 0 Å². The van der Waals surface area contributed by atoms with Gasteiger partial charge in [0.1, 0.15) is 60.7 Å². The molecule has 1 aromatic carbocycles. The van der Waals surface area contributed by atoms with Crippen LogP contribution in [0, 0.1) is 6.92 Å². The van der Waals surface area contributed by atoms with E-state index in [1.807, 2.05) is 0 Å². The predicted octanol–water partition coefficient (Wildman–Crippen LogP) is -4.81. The monoisotopic (exact) mass is 390 g/mol. The van der Waals surface area contributed by atoms with Crippen LogP contribution in [0.5, 0.6) is 5.75 Å². The molecule has 2 rings (SSSR count). The van der Waals surface area contributed by atoms with Crippen LogP contribution in [0.4, 0.5) is 0 Å². The van der Waals surface area contributed by atoms with Crippen LogP contribution < -0.4 is 32.8 Å². The molecule has 0 aliphatic rings. The maximum absolute atomic E-state index is 12.3. The molecule has 0 fully saturated rings. The Morgan fingerprint density at radius 2 is 1.55 bits per heavy atom. The quantitative estimate of drug-likeness (QED) is 0.456. The van der Waals surface area contributed by atoms with E-state index >= 15 is 0 Å². The standard InChI is InChI=1S/C15H6B7ClN2O4/c1-2-3(6(17)9(23)8(19)5(2)16)4-7(18)11(26)10(24-12(4)20)13(27)25-15(21,22)14(28)29/h26H,1H3,(H,25,27)(H,28,29). The Kier molecular flexibility index (Phi) is 6.33. The van der Waals surface area contributed by atoms with Crippen LogP contribution >= 0.6 is 11.6 Å². The molecular weight excluding hydrogens is 383 g/mol. The van der Waals surface area contributed by atoms with Crippen LogP contribution in [0.2, 0.25) is 5.02 Å². The Morgan fingerprint density at radius 3 is 2.07 bits per heavy atom. The number of aromatic hydroxyl groups is 1. The van der Waals surface area contributed by atoms with E-state index in [4.69, 9.17) is 71.6 Å². The molecule has 3 N–H and O–H groups in total. The van der Waals surface area contributed by atoms with Gasteiger partial charge in [-0.3, -0.25) is 14.6 Å². The molecule has 0 spiro atoms. The summed E-state index contributed by atoms with van der Waals surface area (Å²) in [4.78, 5) is 27.0. The fraction of sp³-hybridized carbons (Fsp3) is 0.133. The van der Waals surface area contributed by atoms with Gasteiger partial charge in [-0.1, -0.05) is 33.6 Å². The summed E-state index contributed by atoms with van der Waals surface area (Å²) in [6.07, 6.45) is 0. The van der Waals surface area contributed by atoms with Crippen molar-refractivity contribution in [2.45, 2.75) is 12.3 Å². The molecule has 6 nitrogen and oxygen atoms in total. The Balaban J connectivity index is 2.72.